The van der Waals surface area contributed by atoms with Crippen LogP contribution < -0.4 is 0 Å². The standard InChI is InChI=1S/C17H13NO/c19-17(14-7-2-1-3-8-14)12-15-11-10-13-6-4-5-9-16(13)18-15/h1-12,19H/p+1. The number of hydrogen-bond acceptors (Lipinski definition) is 2. The molecule has 0 radical (unpaired) electrons. The second kappa shape index (κ2) is 4.94. The Kier molecular flexibility index (Phi) is 2.99. The van der Waals surface area contributed by atoms with Gasteiger partial charge in [-0.1, -0.05) is 54.6 Å². The van der Waals surface area contributed by atoms with Crippen LogP contribution in [0.15, 0.2) is 66.7 Å². The third-order valence-corrected chi connectivity index (χ3v) is 2.97. The number of rotatable bonds is 2. The molecule has 2 nitrogen and oxygen atoms in total. The van der Waals surface area contributed by atoms with Gasteiger partial charge in [0.05, 0.1) is 11.2 Å². The molecule has 92 valence electrons. The Balaban J connectivity index is 0.00000147. The summed E-state index contributed by atoms with van der Waals surface area (Å²) in [4.78, 5) is 4.50. The monoisotopic (exact) mass is 248 g/mol. The van der Waals surface area contributed by atoms with Crippen molar-refractivity contribution in [3.05, 3.63) is 78.0 Å². The maximum absolute atomic E-state index is 10.1. The summed E-state index contributed by atoms with van der Waals surface area (Å²) in [6.45, 7) is 0. The van der Waals surface area contributed by atoms with Gasteiger partial charge in [0.1, 0.15) is 5.76 Å². The zero-order valence-electron chi connectivity index (χ0n) is 11.3. The maximum Gasteiger partial charge on any atom is 1.00 e. The van der Waals surface area contributed by atoms with Crippen molar-refractivity contribution in [2.24, 2.45) is 0 Å². The van der Waals surface area contributed by atoms with Gasteiger partial charge in [-0.05, 0) is 12.1 Å². The average Bonchev–Trinajstić information content (AvgIpc) is 2.48. The molecule has 0 saturated carbocycles. The summed E-state index contributed by atoms with van der Waals surface area (Å²) in [5, 5.41) is 11.2. The first-order chi connectivity index (χ1) is 9.33. The fourth-order valence-electron chi connectivity index (χ4n) is 1.99. The van der Waals surface area contributed by atoms with Gasteiger partial charge in [-0.3, -0.25) is 0 Å². The van der Waals surface area contributed by atoms with Crippen molar-refractivity contribution >= 4 is 22.7 Å². The minimum Gasteiger partial charge on any atom is -0.507 e. The predicted molar refractivity (Wildman–Crippen MR) is 79.8 cm³/mol. The number of para-hydroxylation sites is 1. The zero-order valence-corrected chi connectivity index (χ0v) is 10.3. The third-order valence-electron chi connectivity index (χ3n) is 2.97. The van der Waals surface area contributed by atoms with Gasteiger partial charge in [-0.15, -0.1) is 0 Å². The van der Waals surface area contributed by atoms with Crippen LogP contribution in [0.3, 0.4) is 0 Å². The minimum atomic E-state index is 0. The van der Waals surface area contributed by atoms with Crippen LogP contribution in [0.1, 0.15) is 12.7 Å². The van der Waals surface area contributed by atoms with Crippen molar-refractivity contribution in [3.63, 3.8) is 0 Å². The molecule has 3 aromatic rings. The fourth-order valence-corrected chi connectivity index (χ4v) is 1.99. The molecule has 0 atom stereocenters. The summed E-state index contributed by atoms with van der Waals surface area (Å²) in [5.74, 6) is 0.225. The van der Waals surface area contributed by atoms with E-state index < -0.39 is 0 Å². The van der Waals surface area contributed by atoms with E-state index in [0.717, 1.165) is 22.2 Å². The van der Waals surface area contributed by atoms with E-state index in [-0.39, 0.29) is 7.19 Å². The van der Waals surface area contributed by atoms with E-state index in [1.165, 1.54) is 0 Å². The summed E-state index contributed by atoms with van der Waals surface area (Å²) >= 11 is 0. The van der Waals surface area contributed by atoms with Crippen molar-refractivity contribution in [1.29, 1.82) is 0 Å². The number of fused-ring (bicyclic) bond motifs is 1. The molecule has 0 saturated heterocycles. The van der Waals surface area contributed by atoms with Crippen LogP contribution in [-0.2, 0) is 0 Å². The Labute approximate surface area is 113 Å². The van der Waals surface area contributed by atoms with Crippen molar-refractivity contribution < 1.29 is 6.53 Å². The molecule has 0 fully saturated rings. The van der Waals surface area contributed by atoms with E-state index in [2.05, 4.69) is 4.98 Å². The number of nitrogens with zero attached hydrogens (tertiary/aromatic N) is 1. The smallest absolute Gasteiger partial charge is 0.507 e. The fraction of sp³-hybridized carbons (Fsp3) is 0. The molecule has 1 heterocycles. The van der Waals surface area contributed by atoms with Gasteiger partial charge in [0.25, 0.3) is 0 Å². The number of aromatic nitrogens is 1. The first kappa shape index (κ1) is 11.5. The average molecular weight is 248 g/mol. The van der Waals surface area contributed by atoms with Crippen LogP contribution in [0, 0.1) is 0 Å². The number of aliphatic hydroxyl groups excluding tert-OH is 1. The molecular weight excluding hydrogens is 234 g/mol. The number of aliphatic hydroxyl groups is 1. The highest BCUT2D eigenvalue weighted by Gasteiger charge is 2.00. The topological polar surface area (TPSA) is 33.1 Å². The molecule has 19 heavy (non-hydrogen) atoms. The predicted octanol–water partition coefficient (Wildman–Crippen LogP) is 4.40. The lowest BCUT2D eigenvalue weighted by atomic mass is 10.1. The molecule has 2 heteroatoms. The Hall–Kier alpha value is -2.61. The van der Waals surface area contributed by atoms with E-state index in [1.54, 1.807) is 6.08 Å². The Morgan fingerprint density at radius 1 is 0.895 bits per heavy atom. The summed E-state index contributed by atoms with van der Waals surface area (Å²) in [6.07, 6.45) is 1.68. The van der Waals surface area contributed by atoms with Crippen LogP contribution >= 0.6 is 0 Å². The van der Waals surface area contributed by atoms with Gasteiger partial charge >= 0.3 is 1.43 Å². The molecule has 3 rings (SSSR count). The van der Waals surface area contributed by atoms with Crippen molar-refractivity contribution in [2.75, 3.05) is 0 Å². The molecule has 0 unspecified atom stereocenters. The molecule has 1 N–H and O–H groups in total. The zero-order chi connectivity index (χ0) is 13.1. The molecule has 0 aliphatic heterocycles. The summed E-state index contributed by atoms with van der Waals surface area (Å²) < 4.78 is 0. The van der Waals surface area contributed by atoms with Crippen LogP contribution in [-0.4, -0.2) is 10.1 Å². The largest absolute Gasteiger partial charge is 1.00 e. The van der Waals surface area contributed by atoms with E-state index in [4.69, 9.17) is 0 Å². The minimum absolute atomic E-state index is 0. The number of pyridine rings is 1. The van der Waals surface area contributed by atoms with Crippen molar-refractivity contribution in [3.8, 4) is 0 Å². The first-order valence-corrected chi connectivity index (χ1v) is 6.15. The Morgan fingerprint density at radius 2 is 1.63 bits per heavy atom. The summed E-state index contributed by atoms with van der Waals surface area (Å²) in [6, 6.07) is 21.3. The molecule has 0 spiro atoms. The lowest BCUT2D eigenvalue weighted by Crippen LogP contribution is -1.86. The molecule has 2 aromatic carbocycles. The van der Waals surface area contributed by atoms with E-state index >= 15 is 0 Å². The highest BCUT2D eigenvalue weighted by molar-refractivity contribution is 5.82. The SMILES string of the molecule is OC(=Cc1ccc2ccccc2n1)c1ccccc1.[H+]. The summed E-state index contributed by atoms with van der Waals surface area (Å²) in [7, 11) is 0. The Bertz CT molecular complexity index is 738. The molecule has 0 amide bonds. The maximum atomic E-state index is 10.1. The molecule has 0 aliphatic rings. The highest BCUT2D eigenvalue weighted by atomic mass is 16.3. The molecule has 0 aliphatic carbocycles. The highest BCUT2D eigenvalue weighted by Crippen LogP contribution is 2.17. The molecule has 0 bridgehead atoms. The first-order valence-electron chi connectivity index (χ1n) is 6.15. The van der Waals surface area contributed by atoms with Crippen molar-refractivity contribution in [2.45, 2.75) is 0 Å². The van der Waals surface area contributed by atoms with Gasteiger partial charge < -0.3 is 5.11 Å². The Morgan fingerprint density at radius 3 is 2.47 bits per heavy atom. The van der Waals surface area contributed by atoms with Gasteiger partial charge in [0.2, 0.25) is 0 Å². The summed E-state index contributed by atoms with van der Waals surface area (Å²) in [5.41, 5.74) is 2.47. The van der Waals surface area contributed by atoms with E-state index in [9.17, 15) is 5.11 Å². The number of benzene rings is 2. The van der Waals surface area contributed by atoms with Gasteiger partial charge in [-0.2, -0.15) is 0 Å². The van der Waals surface area contributed by atoms with Gasteiger partial charge in [0.15, 0.2) is 0 Å². The molecular formula is C17H14NO+. The van der Waals surface area contributed by atoms with E-state index in [0.29, 0.717) is 0 Å². The van der Waals surface area contributed by atoms with Crippen LogP contribution in [0.25, 0.3) is 22.7 Å². The lowest BCUT2D eigenvalue weighted by Gasteiger charge is -2.01. The van der Waals surface area contributed by atoms with Gasteiger partial charge in [-0.25, -0.2) is 4.98 Å². The molecule has 1 aromatic heterocycles. The number of hydrogen-bond donors (Lipinski definition) is 1. The van der Waals surface area contributed by atoms with Gasteiger partial charge in [0, 0.05) is 17.0 Å². The van der Waals surface area contributed by atoms with E-state index in [1.807, 2.05) is 66.7 Å². The van der Waals surface area contributed by atoms with Crippen molar-refractivity contribution in [1.82, 2.24) is 4.98 Å². The lowest BCUT2D eigenvalue weighted by molar-refractivity contribution is 0.515. The third kappa shape index (κ3) is 2.47. The quantitative estimate of drug-likeness (QED) is 0.682. The second-order valence-corrected chi connectivity index (χ2v) is 4.32. The second-order valence-electron chi connectivity index (χ2n) is 4.32. The van der Waals surface area contributed by atoms with Crippen LogP contribution in [0.4, 0.5) is 0 Å². The van der Waals surface area contributed by atoms with Crippen LogP contribution in [0.2, 0.25) is 0 Å². The normalized spacial score (nSPS) is 11.7. The van der Waals surface area contributed by atoms with Crippen LogP contribution in [0.5, 0.6) is 0 Å².